The molecule has 0 unspecified atom stereocenters. The third-order valence-electron chi connectivity index (χ3n) is 5.32. The lowest BCUT2D eigenvalue weighted by atomic mass is 9.94. The van der Waals surface area contributed by atoms with E-state index in [9.17, 15) is 9.59 Å². The number of benzene rings is 2. The van der Waals surface area contributed by atoms with Crippen LogP contribution in [0.3, 0.4) is 0 Å². The lowest BCUT2D eigenvalue weighted by Gasteiger charge is -2.18. The fourth-order valence-electron chi connectivity index (χ4n) is 3.87. The van der Waals surface area contributed by atoms with E-state index in [1.807, 2.05) is 42.5 Å². The van der Waals surface area contributed by atoms with Crippen molar-refractivity contribution in [2.75, 3.05) is 17.6 Å². The number of rotatable bonds is 2. The molecule has 6 heteroatoms. The summed E-state index contributed by atoms with van der Waals surface area (Å²) in [5.74, 6) is 0.428. The summed E-state index contributed by atoms with van der Waals surface area (Å²) in [6.45, 7) is 0.644. The number of nitrogens with two attached hydrogens (primary N) is 1. The highest BCUT2D eigenvalue weighted by molar-refractivity contribution is 6.00. The number of pyridine rings is 1. The number of hydrogen-bond donors (Lipinski definition) is 3. The molecule has 1 aromatic heterocycles. The van der Waals surface area contributed by atoms with E-state index in [1.165, 1.54) is 0 Å². The van der Waals surface area contributed by atoms with E-state index in [1.54, 1.807) is 6.20 Å². The number of aromatic nitrogens is 1. The fourth-order valence-corrected chi connectivity index (χ4v) is 3.87. The Bertz CT molecular complexity index is 1150. The van der Waals surface area contributed by atoms with Gasteiger partial charge in [-0.2, -0.15) is 0 Å². The van der Waals surface area contributed by atoms with Crippen molar-refractivity contribution >= 4 is 23.3 Å². The maximum atomic E-state index is 12.0. The zero-order valence-electron chi connectivity index (χ0n) is 15.1. The standard InChI is InChI=1S/C22H18N4O2/c23-21-18(13-1-3-17-14(8-13)5-6-24-22(17)28)9-16(11-25-21)12-2-4-19-15(7-12)10-20(27)26-19/h1-4,7-9,11H,5-6,10H2,(H2,23,25)(H,24,28)(H,26,27). The summed E-state index contributed by atoms with van der Waals surface area (Å²) >= 11 is 0. The van der Waals surface area contributed by atoms with Gasteiger partial charge in [0.05, 0.1) is 6.42 Å². The van der Waals surface area contributed by atoms with E-state index in [-0.39, 0.29) is 11.8 Å². The number of carbonyl (C=O) groups excluding carboxylic acids is 2. The summed E-state index contributed by atoms with van der Waals surface area (Å²) in [4.78, 5) is 28.0. The molecule has 3 aromatic rings. The van der Waals surface area contributed by atoms with Gasteiger partial charge in [0.1, 0.15) is 5.82 Å². The minimum atomic E-state index is -0.0334. The van der Waals surface area contributed by atoms with Crippen LogP contribution in [0.1, 0.15) is 21.5 Å². The summed E-state index contributed by atoms with van der Waals surface area (Å²) in [6.07, 6.45) is 2.94. The first-order chi connectivity index (χ1) is 13.6. The van der Waals surface area contributed by atoms with Crippen LogP contribution in [0.15, 0.2) is 48.7 Å². The van der Waals surface area contributed by atoms with Crippen LogP contribution in [0.4, 0.5) is 11.5 Å². The molecule has 2 aromatic carbocycles. The summed E-state index contributed by atoms with van der Waals surface area (Å²) in [7, 11) is 0. The van der Waals surface area contributed by atoms with Crippen molar-refractivity contribution in [2.45, 2.75) is 12.8 Å². The molecule has 2 aliphatic heterocycles. The molecule has 6 nitrogen and oxygen atoms in total. The summed E-state index contributed by atoms with van der Waals surface area (Å²) in [5, 5.41) is 5.71. The number of nitrogens with zero attached hydrogens (tertiary/aromatic N) is 1. The van der Waals surface area contributed by atoms with Crippen LogP contribution in [0.2, 0.25) is 0 Å². The highest BCUT2D eigenvalue weighted by Gasteiger charge is 2.19. The number of nitrogens with one attached hydrogen (secondary N) is 2. The second-order valence-corrected chi connectivity index (χ2v) is 7.13. The molecule has 0 spiro atoms. The zero-order chi connectivity index (χ0) is 19.3. The lowest BCUT2D eigenvalue weighted by Crippen LogP contribution is -2.31. The highest BCUT2D eigenvalue weighted by atomic mass is 16.2. The largest absolute Gasteiger partial charge is 0.383 e. The first kappa shape index (κ1) is 16.5. The third-order valence-corrected chi connectivity index (χ3v) is 5.32. The predicted octanol–water partition coefficient (Wildman–Crippen LogP) is 2.78. The zero-order valence-corrected chi connectivity index (χ0v) is 15.1. The van der Waals surface area contributed by atoms with Crippen molar-refractivity contribution in [1.29, 1.82) is 0 Å². The van der Waals surface area contributed by atoms with Gasteiger partial charge in [-0.05, 0) is 52.9 Å². The maximum Gasteiger partial charge on any atom is 0.251 e. The minimum absolute atomic E-state index is 0.0152. The number of carbonyl (C=O) groups is 2. The van der Waals surface area contributed by atoms with Gasteiger partial charge < -0.3 is 16.4 Å². The van der Waals surface area contributed by atoms with E-state index in [0.29, 0.717) is 24.3 Å². The van der Waals surface area contributed by atoms with Gasteiger partial charge in [-0.3, -0.25) is 9.59 Å². The van der Waals surface area contributed by atoms with Crippen molar-refractivity contribution in [1.82, 2.24) is 10.3 Å². The number of fused-ring (bicyclic) bond motifs is 2. The molecular formula is C22H18N4O2. The van der Waals surface area contributed by atoms with E-state index < -0.39 is 0 Å². The Kier molecular flexibility index (Phi) is 3.65. The van der Waals surface area contributed by atoms with Crippen molar-refractivity contribution in [3.63, 3.8) is 0 Å². The van der Waals surface area contributed by atoms with E-state index >= 15 is 0 Å². The molecule has 0 bridgehead atoms. The molecule has 2 amide bonds. The minimum Gasteiger partial charge on any atom is -0.383 e. The van der Waals surface area contributed by atoms with Gasteiger partial charge in [0.15, 0.2) is 0 Å². The van der Waals surface area contributed by atoms with E-state index in [0.717, 1.165) is 45.5 Å². The Morgan fingerprint density at radius 1 is 0.893 bits per heavy atom. The third kappa shape index (κ3) is 2.70. The van der Waals surface area contributed by atoms with Crippen molar-refractivity contribution < 1.29 is 9.59 Å². The SMILES string of the molecule is Nc1ncc(-c2ccc3c(c2)CC(=O)N3)cc1-c1ccc2c(c1)CCNC2=O. The molecule has 0 saturated carbocycles. The summed E-state index contributed by atoms with van der Waals surface area (Å²) < 4.78 is 0. The van der Waals surface area contributed by atoms with Crippen LogP contribution in [0, 0.1) is 0 Å². The van der Waals surface area contributed by atoms with Crippen LogP contribution < -0.4 is 16.4 Å². The Morgan fingerprint density at radius 2 is 1.71 bits per heavy atom. The Hall–Kier alpha value is -3.67. The average molecular weight is 370 g/mol. The molecule has 0 fully saturated rings. The number of hydrogen-bond acceptors (Lipinski definition) is 4. The molecule has 0 saturated heterocycles. The first-order valence-electron chi connectivity index (χ1n) is 9.19. The smallest absolute Gasteiger partial charge is 0.251 e. The van der Waals surface area contributed by atoms with Gasteiger partial charge in [0, 0.05) is 35.1 Å². The first-order valence-corrected chi connectivity index (χ1v) is 9.19. The molecule has 0 radical (unpaired) electrons. The monoisotopic (exact) mass is 370 g/mol. The van der Waals surface area contributed by atoms with Crippen molar-refractivity contribution in [2.24, 2.45) is 0 Å². The Balaban J connectivity index is 1.56. The predicted molar refractivity (Wildman–Crippen MR) is 108 cm³/mol. The quantitative estimate of drug-likeness (QED) is 0.646. The fraction of sp³-hybridized carbons (Fsp3) is 0.136. The van der Waals surface area contributed by atoms with Gasteiger partial charge in [-0.1, -0.05) is 18.2 Å². The van der Waals surface area contributed by atoms with Crippen LogP contribution >= 0.6 is 0 Å². The van der Waals surface area contributed by atoms with Gasteiger partial charge in [0.2, 0.25) is 5.91 Å². The number of anilines is 2. The summed E-state index contributed by atoms with van der Waals surface area (Å²) in [5.41, 5.74) is 13.5. The topological polar surface area (TPSA) is 97.1 Å². The molecule has 0 atom stereocenters. The molecule has 0 aliphatic carbocycles. The lowest BCUT2D eigenvalue weighted by molar-refractivity contribution is -0.115. The summed E-state index contributed by atoms with van der Waals surface area (Å²) in [6, 6.07) is 13.7. The molecule has 5 rings (SSSR count). The normalized spacial score (nSPS) is 14.9. The average Bonchev–Trinajstić information content (AvgIpc) is 3.07. The molecule has 138 valence electrons. The number of amides is 2. The maximum absolute atomic E-state index is 12.0. The van der Waals surface area contributed by atoms with Crippen LogP contribution in [-0.4, -0.2) is 23.3 Å². The second-order valence-electron chi connectivity index (χ2n) is 7.13. The number of nitrogen functional groups attached to an aromatic ring is 1. The van der Waals surface area contributed by atoms with Crippen LogP contribution in [-0.2, 0) is 17.6 Å². The molecule has 28 heavy (non-hydrogen) atoms. The Morgan fingerprint density at radius 3 is 2.61 bits per heavy atom. The van der Waals surface area contributed by atoms with Crippen LogP contribution in [0.5, 0.6) is 0 Å². The van der Waals surface area contributed by atoms with E-state index in [2.05, 4.69) is 15.6 Å². The van der Waals surface area contributed by atoms with Crippen LogP contribution in [0.25, 0.3) is 22.3 Å². The highest BCUT2D eigenvalue weighted by Crippen LogP contribution is 2.33. The molecule has 3 heterocycles. The molecule has 2 aliphatic rings. The van der Waals surface area contributed by atoms with Gasteiger partial charge in [0.25, 0.3) is 5.91 Å². The van der Waals surface area contributed by atoms with Gasteiger partial charge >= 0.3 is 0 Å². The van der Waals surface area contributed by atoms with Gasteiger partial charge in [-0.15, -0.1) is 0 Å². The molecular weight excluding hydrogens is 352 g/mol. The molecule has 4 N–H and O–H groups in total. The van der Waals surface area contributed by atoms with Crippen molar-refractivity contribution in [3.8, 4) is 22.3 Å². The van der Waals surface area contributed by atoms with Crippen molar-refractivity contribution in [3.05, 3.63) is 65.4 Å². The van der Waals surface area contributed by atoms with Gasteiger partial charge in [-0.25, -0.2) is 4.98 Å². The second kappa shape index (κ2) is 6.20. The van der Waals surface area contributed by atoms with E-state index in [4.69, 9.17) is 5.73 Å². The Labute approximate surface area is 161 Å².